The van der Waals surface area contributed by atoms with Gasteiger partial charge in [-0.25, -0.2) is 0 Å². The quantitative estimate of drug-likeness (QED) is 0.640. The third kappa shape index (κ3) is 5.84. The molecule has 2 heterocycles. The zero-order valence-corrected chi connectivity index (χ0v) is 19.1. The van der Waals surface area contributed by atoms with Crippen molar-refractivity contribution in [3.63, 3.8) is 0 Å². The van der Waals surface area contributed by atoms with Crippen molar-refractivity contribution in [1.82, 2.24) is 9.47 Å². The highest BCUT2D eigenvalue weighted by molar-refractivity contribution is 8.00. The number of benzene rings is 1. The van der Waals surface area contributed by atoms with Gasteiger partial charge in [0.15, 0.2) is 4.80 Å². The molecule has 2 amide bonds. The zero-order valence-electron chi connectivity index (χ0n) is 16.7. The lowest BCUT2D eigenvalue weighted by atomic mass is 10.0. The van der Waals surface area contributed by atoms with Gasteiger partial charge in [0, 0.05) is 31.3 Å². The lowest BCUT2D eigenvalue weighted by Gasteiger charge is -2.33. The van der Waals surface area contributed by atoms with Crippen LogP contribution in [0.2, 0.25) is 5.02 Å². The Morgan fingerprint density at radius 1 is 1.34 bits per heavy atom. The van der Waals surface area contributed by atoms with E-state index in [-0.39, 0.29) is 17.6 Å². The Kier molecular flexibility index (Phi) is 8.17. The fraction of sp³-hybridized carbons (Fsp3) is 0.550. The second-order valence-electron chi connectivity index (χ2n) is 7.07. The third-order valence-corrected chi connectivity index (χ3v) is 7.14. The number of carbonyl (C=O) groups is 2. The predicted octanol–water partition coefficient (Wildman–Crippen LogP) is 3.56. The van der Waals surface area contributed by atoms with E-state index in [0.29, 0.717) is 34.8 Å². The molecule has 0 bridgehead atoms. The standard InChI is InChI=1S/C20H26ClN3O3S2/c1-14-5-3-4-8-23(14)19(26)13-28-12-18(25)22-20-24(9-10-27-2)16-7-6-15(21)11-17(16)29-20/h6-7,11,14H,3-5,8-10,12-13H2,1-2H3. The number of halogens is 1. The number of carbonyl (C=O) groups excluding carboxylic acids is 2. The summed E-state index contributed by atoms with van der Waals surface area (Å²) in [6.45, 7) is 4.03. The number of piperidine rings is 1. The maximum absolute atomic E-state index is 12.4. The van der Waals surface area contributed by atoms with Gasteiger partial charge in [-0.2, -0.15) is 4.99 Å². The minimum absolute atomic E-state index is 0.113. The lowest BCUT2D eigenvalue weighted by molar-refractivity contribution is -0.131. The van der Waals surface area contributed by atoms with Crippen molar-refractivity contribution in [2.45, 2.75) is 38.8 Å². The molecule has 158 valence electrons. The molecule has 9 heteroatoms. The number of methoxy groups -OCH3 is 1. The van der Waals surface area contributed by atoms with Gasteiger partial charge in [0.1, 0.15) is 0 Å². The van der Waals surface area contributed by atoms with Crippen LogP contribution in [-0.2, 0) is 20.9 Å². The first-order valence-electron chi connectivity index (χ1n) is 9.72. The molecule has 6 nitrogen and oxygen atoms in total. The molecule has 0 spiro atoms. The van der Waals surface area contributed by atoms with Crippen molar-refractivity contribution in [3.05, 3.63) is 28.0 Å². The van der Waals surface area contributed by atoms with Crippen LogP contribution < -0.4 is 4.80 Å². The number of ether oxygens (including phenoxy) is 1. The van der Waals surface area contributed by atoms with Gasteiger partial charge in [0.25, 0.3) is 5.91 Å². The molecule has 1 aliphatic rings. The van der Waals surface area contributed by atoms with Gasteiger partial charge in [0.2, 0.25) is 5.91 Å². The summed E-state index contributed by atoms with van der Waals surface area (Å²) in [4.78, 5) is 31.7. The molecule has 0 radical (unpaired) electrons. The normalized spacial score (nSPS) is 17.8. The highest BCUT2D eigenvalue weighted by Crippen LogP contribution is 2.22. The van der Waals surface area contributed by atoms with Gasteiger partial charge in [0.05, 0.1) is 28.3 Å². The fourth-order valence-electron chi connectivity index (χ4n) is 3.45. The van der Waals surface area contributed by atoms with Crippen molar-refractivity contribution in [2.24, 2.45) is 4.99 Å². The van der Waals surface area contributed by atoms with Crippen LogP contribution in [0.3, 0.4) is 0 Å². The number of nitrogens with zero attached hydrogens (tertiary/aromatic N) is 3. The van der Waals surface area contributed by atoms with Gasteiger partial charge >= 0.3 is 0 Å². The molecule has 1 aromatic carbocycles. The number of amides is 2. The van der Waals surface area contributed by atoms with Crippen molar-refractivity contribution in [1.29, 1.82) is 0 Å². The molecule has 2 aromatic rings. The van der Waals surface area contributed by atoms with Crippen molar-refractivity contribution in [3.8, 4) is 0 Å². The van der Waals surface area contributed by atoms with Crippen molar-refractivity contribution >= 4 is 56.7 Å². The number of rotatable bonds is 7. The van der Waals surface area contributed by atoms with E-state index >= 15 is 0 Å². The summed E-state index contributed by atoms with van der Waals surface area (Å²) in [6, 6.07) is 5.93. The molecule has 0 N–H and O–H groups in total. The lowest BCUT2D eigenvalue weighted by Crippen LogP contribution is -2.43. The molecular formula is C20H26ClN3O3S2. The molecule has 29 heavy (non-hydrogen) atoms. The Bertz CT molecular complexity index is 941. The Morgan fingerprint density at radius 3 is 2.93 bits per heavy atom. The van der Waals surface area contributed by atoms with Crippen LogP contribution in [0.1, 0.15) is 26.2 Å². The molecule has 0 aliphatic carbocycles. The SMILES string of the molecule is COCCn1c(=NC(=O)CSCC(=O)N2CCCCC2C)sc2cc(Cl)ccc21. The van der Waals surface area contributed by atoms with E-state index in [4.69, 9.17) is 16.3 Å². The van der Waals surface area contributed by atoms with E-state index in [1.165, 1.54) is 29.5 Å². The van der Waals surface area contributed by atoms with E-state index in [1.807, 2.05) is 27.7 Å². The topological polar surface area (TPSA) is 63.9 Å². The van der Waals surface area contributed by atoms with Crippen LogP contribution in [0.25, 0.3) is 10.2 Å². The number of thiazole rings is 1. The number of likely N-dealkylation sites (tertiary alicyclic amines) is 1. The summed E-state index contributed by atoms with van der Waals surface area (Å²) < 4.78 is 8.14. The van der Waals surface area contributed by atoms with E-state index in [1.54, 1.807) is 7.11 Å². The zero-order chi connectivity index (χ0) is 20.8. The summed E-state index contributed by atoms with van der Waals surface area (Å²) in [5.74, 6) is 0.379. The maximum atomic E-state index is 12.4. The molecule has 0 saturated carbocycles. The highest BCUT2D eigenvalue weighted by atomic mass is 35.5. The first-order chi connectivity index (χ1) is 14.0. The third-order valence-electron chi connectivity index (χ3n) is 4.96. The summed E-state index contributed by atoms with van der Waals surface area (Å²) in [6.07, 6.45) is 3.30. The van der Waals surface area contributed by atoms with Gasteiger partial charge in [-0.15, -0.1) is 11.8 Å². The first kappa shape index (κ1) is 22.3. The monoisotopic (exact) mass is 455 g/mol. The summed E-state index contributed by atoms with van der Waals surface area (Å²) >= 11 is 8.86. The Balaban J connectivity index is 1.66. The van der Waals surface area contributed by atoms with Gasteiger partial charge in [-0.05, 0) is 44.4 Å². The molecule has 1 unspecified atom stereocenters. The molecule has 1 saturated heterocycles. The van der Waals surface area contributed by atoms with Crippen LogP contribution in [0.15, 0.2) is 23.2 Å². The molecule has 1 fully saturated rings. The van der Waals surface area contributed by atoms with Gasteiger partial charge in [-0.1, -0.05) is 22.9 Å². The number of aromatic nitrogens is 1. The van der Waals surface area contributed by atoms with Crippen LogP contribution in [0, 0.1) is 0 Å². The minimum Gasteiger partial charge on any atom is -0.383 e. The summed E-state index contributed by atoms with van der Waals surface area (Å²) in [5, 5.41) is 0.650. The second kappa shape index (κ2) is 10.6. The Labute approximate surface area is 183 Å². The number of hydrogen-bond donors (Lipinski definition) is 0. The molecular weight excluding hydrogens is 430 g/mol. The molecule has 1 aliphatic heterocycles. The number of thioether (sulfide) groups is 1. The Hall–Kier alpha value is -1.35. The van der Waals surface area contributed by atoms with E-state index in [2.05, 4.69) is 11.9 Å². The van der Waals surface area contributed by atoms with E-state index in [0.717, 1.165) is 29.6 Å². The van der Waals surface area contributed by atoms with Gasteiger partial charge < -0.3 is 14.2 Å². The molecule has 3 rings (SSSR count). The van der Waals surface area contributed by atoms with Crippen LogP contribution in [0.5, 0.6) is 0 Å². The summed E-state index contributed by atoms with van der Waals surface area (Å²) in [5.41, 5.74) is 0.977. The predicted molar refractivity (Wildman–Crippen MR) is 120 cm³/mol. The molecule has 1 aromatic heterocycles. The second-order valence-corrected chi connectivity index (χ2v) is 9.50. The maximum Gasteiger partial charge on any atom is 0.258 e. The number of fused-ring (bicyclic) bond motifs is 1. The summed E-state index contributed by atoms with van der Waals surface area (Å²) in [7, 11) is 1.64. The van der Waals surface area contributed by atoms with E-state index < -0.39 is 0 Å². The Morgan fingerprint density at radius 2 is 2.17 bits per heavy atom. The molecule has 1 atom stereocenters. The number of hydrogen-bond acceptors (Lipinski definition) is 5. The first-order valence-corrected chi connectivity index (χ1v) is 12.1. The highest BCUT2D eigenvalue weighted by Gasteiger charge is 2.22. The van der Waals surface area contributed by atoms with Crippen molar-refractivity contribution < 1.29 is 14.3 Å². The fourth-order valence-corrected chi connectivity index (χ4v) is 5.48. The smallest absolute Gasteiger partial charge is 0.258 e. The average molecular weight is 456 g/mol. The van der Waals surface area contributed by atoms with Crippen LogP contribution in [0.4, 0.5) is 0 Å². The van der Waals surface area contributed by atoms with Crippen LogP contribution >= 0.6 is 34.7 Å². The van der Waals surface area contributed by atoms with Crippen molar-refractivity contribution in [2.75, 3.05) is 31.8 Å². The van der Waals surface area contributed by atoms with Crippen LogP contribution in [-0.4, -0.2) is 59.1 Å². The average Bonchev–Trinajstić information content (AvgIpc) is 3.02. The van der Waals surface area contributed by atoms with E-state index in [9.17, 15) is 9.59 Å². The largest absolute Gasteiger partial charge is 0.383 e. The minimum atomic E-state index is -0.238. The van der Waals surface area contributed by atoms with Gasteiger partial charge in [-0.3, -0.25) is 9.59 Å².